The molecule has 1 atom stereocenters. The molecule has 3 heterocycles. The highest BCUT2D eigenvalue weighted by atomic mass is 32.1. The van der Waals surface area contributed by atoms with E-state index < -0.39 is 5.91 Å². The zero-order valence-electron chi connectivity index (χ0n) is 16.0. The SMILES string of the molecule is COc1ccc(-c2nc(-c3cc(C(N)=O)c(C)n3CC3CCCO3)cs2)cc1. The van der Waals surface area contributed by atoms with Gasteiger partial charge >= 0.3 is 0 Å². The summed E-state index contributed by atoms with van der Waals surface area (Å²) in [7, 11) is 1.65. The lowest BCUT2D eigenvalue weighted by Gasteiger charge is -2.15. The molecule has 1 fully saturated rings. The predicted molar refractivity (Wildman–Crippen MR) is 110 cm³/mol. The van der Waals surface area contributed by atoms with Crippen LogP contribution in [0.25, 0.3) is 22.0 Å². The Balaban J connectivity index is 1.70. The van der Waals surface area contributed by atoms with Gasteiger partial charge in [0.2, 0.25) is 0 Å². The Morgan fingerprint density at radius 3 is 2.82 bits per heavy atom. The molecule has 0 aliphatic carbocycles. The molecule has 1 aliphatic heterocycles. The van der Waals surface area contributed by atoms with Gasteiger partial charge in [-0.1, -0.05) is 0 Å². The van der Waals surface area contributed by atoms with Crippen molar-refractivity contribution >= 4 is 17.2 Å². The smallest absolute Gasteiger partial charge is 0.250 e. The number of nitrogens with two attached hydrogens (primary N) is 1. The Morgan fingerprint density at radius 2 is 2.18 bits per heavy atom. The number of methoxy groups -OCH3 is 1. The van der Waals surface area contributed by atoms with Crippen molar-refractivity contribution in [2.75, 3.05) is 13.7 Å². The molecule has 1 aromatic carbocycles. The van der Waals surface area contributed by atoms with Gasteiger partial charge < -0.3 is 19.8 Å². The second-order valence-electron chi connectivity index (χ2n) is 6.90. The standard InChI is InChI=1S/C21H23N3O3S/c1-13-17(20(22)25)10-19(24(13)11-16-4-3-9-27-16)18-12-28-21(23-18)14-5-7-15(26-2)8-6-14/h5-8,10,12,16H,3-4,9,11H2,1-2H3,(H2,22,25). The van der Waals surface area contributed by atoms with E-state index in [9.17, 15) is 4.79 Å². The monoisotopic (exact) mass is 397 g/mol. The van der Waals surface area contributed by atoms with Gasteiger partial charge in [0.05, 0.1) is 30.2 Å². The number of rotatable bonds is 6. The lowest BCUT2D eigenvalue weighted by Crippen LogP contribution is -2.18. The molecule has 3 aromatic rings. The predicted octanol–water partition coefficient (Wildman–Crippen LogP) is 3.87. The van der Waals surface area contributed by atoms with E-state index in [0.29, 0.717) is 12.1 Å². The second kappa shape index (κ2) is 7.77. The lowest BCUT2D eigenvalue weighted by molar-refractivity contribution is 0.0961. The van der Waals surface area contributed by atoms with Crippen LogP contribution in [0.3, 0.4) is 0 Å². The quantitative estimate of drug-likeness (QED) is 0.685. The van der Waals surface area contributed by atoms with Crippen LogP contribution in [0.15, 0.2) is 35.7 Å². The van der Waals surface area contributed by atoms with Gasteiger partial charge in [-0.15, -0.1) is 11.3 Å². The Bertz CT molecular complexity index is 985. The second-order valence-corrected chi connectivity index (χ2v) is 7.76. The molecule has 0 bridgehead atoms. The van der Waals surface area contributed by atoms with E-state index in [1.807, 2.05) is 42.6 Å². The highest BCUT2D eigenvalue weighted by molar-refractivity contribution is 7.13. The van der Waals surface area contributed by atoms with Gasteiger partial charge in [-0.3, -0.25) is 4.79 Å². The molecule has 2 N–H and O–H groups in total. The van der Waals surface area contributed by atoms with E-state index >= 15 is 0 Å². The van der Waals surface area contributed by atoms with Crippen LogP contribution in [0.4, 0.5) is 0 Å². The summed E-state index contributed by atoms with van der Waals surface area (Å²) >= 11 is 1.57. The third-order valence-corrected chi connectivity index (χ3v) is 6.04. The zero-order chi connectivity index (χ0) is 19.7. The topological polar surface area (TPSA) is 79.4 Å². The highest BCUT2D eigenvalue weighted by Gasteiger charge is 2.23. The third kappa shape index (κ3) is 3.55. The largest absolute Gasteiger partial charge is 0.497 e. The van der Waals surface area contributed by atoms with Crippen molar-refractivity contribution in [2.24, 2.45) is 5.73 Å². The molecule has 0 saturated carbocycles. The molecule has 2 aromatic heterocycles. The van der Waals surface area contributed by atoms with E-state index in [1.165, 1.54) is 0 Å². The molecule has 0 radical (unpaired) electrons. The normalized spacial score (nSPS) is 16.4. The molecule has 1 saturated heterocycles. The summed E-state index contributed by atoms with van der Waals surface area (Å²) in [6.45, 7) is 3.42. The molecular formula is C21H23N3O3S. The summed E-state index contributed by atoms with van der Waals surface area (Å²) in [5.74, 6) is 0.392. The number of nitrogens with zero attached hydrogens (tertiary/aromatic N) is 2. The van der Waals surface area contributed by atoms with Crippen LogP contribution in [-0.2, 0) is 11.3 Å². The summed E-state index contributed by atoms with van der Waals surface area (Å²) in [6.07, 6.45) is 2.25. The van der Waals surface area contributed by atoms with Crippen molar-refractivity contribution in [1.29, 1.82) is 0 Å². The molecule has 146 valence electrons. The van der Waals surface area contributed by atoms with Crippen molar-refractivity contribution < 1.29 is 14.3 Å². The minimum Gasteiger partial charge on any atom is -0.497 e. The van der Waals surface area contributed by atoms with E-state index in [4.69, 9.17) is 20.2 Å². The van der Waals surface area contributed by atoms with Gasteiger partial charge in [-0.2, -0.15) is 0 Å². The number of carbonyl (C=O) groups excluding carboxylic acids is 1. The summed E-state index contributed by atoms with van der Waals surface area (Å²) in [6, 6.07) is 9.68. The van der Waals surface area contributed by atoms with E-state index in [-0.39, 0.29) is 6.10 Å². The van der Waals surface area contributed by atoms with Crippen molar-refractivity contribution in [3.8, 4) is 27.7 Å². The van der Waals surface area contributed by atoms with E-state index in [0.717, 1.165) is 52.9 Å². The van der Waals surface area contributed by atoms with Crippen molar-refractivity contribution in [3.05, 3.63) is 47.0 Å². The summed E-state index contributed by atoms with van der Waals surface area (Å²) in [4.78, 5) is 16.7. The first-order valence-corrected chi connectivity index (χ1v) is 10.2. The molecule has 6 nitrogen and oxygen atoms in total. The lowest BCUT2D eigenvalue weighted by atomic mass is 10.2. The summed E-state index contributed by atoms with van der Waals surface area (Å²) < 4.78 is 13.1. The number of hydrogen-bond donors (Lipinski definition) is 1. The number of benzene rings is 1. The molecule has 1 amide bonds. The zero-order valence-corrected chi connectivity index (χ0v) is 16.8. The van der Waals surface area contributed by atoms with Crippen LogP contribution in [0.1, 0.15) is 28.9 Å². The van der Waals surface area contributed by atoms with E-state index in [2.05, 4.69) is 4.57 Å². The van der Waals surface area contributed by atoms with Gasteiger partial charge in [-0.05, 0) is 50.1 Å². The first kappa shape index (κ1) is 18.7. The number of carbonyl (C=O) groups is 1. The van der Waals surface area contributed by atoms with Crippen LogP contribution in [0, 0.1) is 6.92 Å². The third-order valence-electron chi connectivity index (χ3n) is 5.15. The van der Waals surface area contributed by atoms with Gasteiger partial charge in [0.25, 0.3) is 5.91 Å². The number of ether oxygens (including phenoxy) is 2. The minimum absolute atomic E-state index is 0.158. The Morgan fingerprint density at radius 1 is 1.39 bits per heavy atom. The van der Waals surface area contributed by atoms with Gasteiger partial charge in [-0.25, -0.2) is 4.98 Å². The van der Waals surface area contributed by atoms with Gasteiger partial charge in [0.1, 0.15) is 10.8 Å². The number of thiazole rings is 1. The Kier molecular flexibility index (Phi) is 5.19. The van der Waals surface area contributed by atoms with Crippen LogP contribution >= 0.6 is 11.3 Å². The van der Waals surface area contributed by atoms with Crippen molar-refractivity contribution in [3.63, 3.8) is 0 Å². The van der Waals surface area contributed by atoms with Gasteiger partial charge in [0, 0.05) is 29.8 Å². The molecule has 28 heavy (non-hydrogen) atoms. The van der Waals surface area contributed by atoms with Gasteiger partial charge in [0.15, 0.2) is 0 Å². The van der Waals surface area contributed by atoms with Crippen LogP contribution in [0.5, 0.6) is 5.75 Å². The van der Waals surface area contributed by atoms with Crippen LogP contribution in [-0.4, -0.2) is 35.3 Å². The average molecular weight is 398 g/mol. The fourth-order valence-corrected chi connectivity index (χ4v) is 4.41. The Labute approximate surface area is 167 Å². The first-order valence-electron chi connectivity index (χ1n) is 9.28. The summed E-state index contributed by atoms with van der Waals surface area (Å²) in [5.41, 5.74) is 9.75. The average Bonchev–Trinajstić information content (AvgIpc) is 3.44. The van der Waals surface area contributed by atoms with Crippen LogP contribution < -0.4 is 10.5 Å². The number of hydrogen-bond acceptors (Lipinski definition) is 5. The first-order chi connectivity index (χ1) is 13.6. The van der Waals surface area contributed by atoms with Crippen molar-refractivity contribution in [1.82, 2.24) is 9.55 Å². The molecule has 1 unspecified atom stereocenters. The number of primary amides is 1. The molecule has 7 heteroatoms. The number of amides is 1. The maximum atomic E-state index is 11.9. The van der Waals surface area contributed by atoms with Crippen molar-refractivity contribution in [2.45, 2.75) is 32.4 Å². The molecule has 0 spiro atoms. The highest BCUT2D eigenvalue weighted by Crippen LogP contribution is 2.33. The maximum Gasteiger partial charge on any atom is 0.250 e. The maximum absolute atomic E-state index is 11.9. The van der Waals surface area contributed by atoms with E-state index in [1.54, 1.807) is 18.4 Å². The Hall–Kier alpha value is -2.64. The summed E-state index contributed by atoms with van der Waals surface area (Å²) in [5, 5.41) is 2.94. The van der Waals surface area contributed by atoms with Crippen LogP contribution in [0.2, 0.25) is 0 Å². The molecule has 4 rings (SSSR count). The molecular weight excluding hydrogens is 374 g/mol. The minimum atomic E-state index is -0.421. The molecule has 1 aliphatic rings. The fourth-order valence-electron chi connectivity index (χ4n) is 3.59. The number of aromatic nitrogens is 2. The fraction of sp³-hybridized carbons (Fsp3) is 0.333.